The van der Waals surface area contributed by atoms with Gasteiger partial charge in [0.25, 0.3) is 0 Å². The molecule has 3 nitrogen and oxygen atoms in total. The topological polar surface area (TPSA) is 21.3 Å². The Morgan fingerprint density at radius 3 is 2.30 bits per heavy atom. The molecule has 0 fully saturated rings. The highest BCUT2D eigenvalue weighted by atomic mass is 16.3. The number of hydrogen-bond donors (Lipinski definition) is 0. The molecular formula is C50H36N2O. The summed E-state index contributed by atoms with van der Waals surface area (Å²) in [6.07, 6.45) is 8.69. The van der Waals surface area contributed by atoms with E-state index in [0.29, 0.717) is 6.04 Å². The third kappa shape index (κ3) is 4.16. The summed E-state index contributed by atoms with van der Waals surface area (Å²) >= 11 is 0. The lowest BCUT2D eigenvalue weighted by molar-refractivity contribution is 0.461. The summed E-state index contributed by atoms with van der Waals surface area (Å²) in [5.41, 5.74) is 14.4. The molecule has 0 amide bonds. The fourth-order valence-corrected chi connectivity index (χ4v) is 10.2. The molecule has 252 valence electrons. The minimum absolute atomic E-state index is 0.137. The second kappa shape index (κ2) is 11.1. The number of hydrogen-bond acceptors (Lipinski definition) is 2. The Bertz CT molecular complexity index is 2980. The zero-order chi connectivity index (χ0) is 34.6. The summed E-state index contributed by atoms with van der Waals surface area (Å²) < 4.78 is 9.15. The molecule has 9 aromatic rings. The van der Waals surface area contributed by atoms with Crippen molar-refractivity contribution < 1.29 is 4.42 Å². The minimum Gasteiger partial charge on any atom is -0.460 e. The summed E-state index contributed by atoms with van der Waals surface area (Å²) in [6.45, 7) is 0. The summed E-state index contributed by atoms with van der Waals surface area (Å²) in [6, 6.07) is 54.1. The van der Waals surface area contributed by atoms with Crippen molar-refractivity contribution in [2.45, 2.75) is 37.8 Å². The van der Waals surface area contributed by atoms with Gasteiger partial charge in [-0.15, -0.1) is 0 Å². The highest BCUT2D eigenvalue weighted by molar-refractivity contribution is 6.25. The Kier molecular flexibility index (Phi) is 6.13. The van der Waals surface area contributed by atoms with Crippen molar-refractivity contribution in [1.29, 1.82) is 0 Å². The van der Waals surface area contributed by atoms with E-state index >= 15 is 0 Å². The van der Waals surface area contributed by atoms with Crippen molar-refractivity contribution in [1.82, 2.24) is 4.57 Å². The second-order valence-corrected chi connectivity index (χ2v) is 15.1. The van der Waals surface area contributed by atoms with Crippen molar-refractivity contribution in [2.24, 2.45) is 0 Å². The molecule has 2 heterocycles. The van der Waals surface area contributed by atoms with Gasteiger partial charge in [0.15, 0.2) is 0 Å². The van der Waals surface area contributed by atoms with Crippen molar-refractivity contribution in [3.63, 3.8) is 0 Å². The van der Waals surface area contributed by atoms with Crippen molar-refractivity contribution >= 4 is 55.2 Å². The first-order valence-corrected chi connectivity index (χ1v) is 19.0. The van der Waals surface area contributed by atoms with Crippen molar-refractivity contribution in [3.05, 3.63) is 174 Å². The fraction of sp³-hybridized carbons (Fsp3) is 0.120. The maximum absolute atomic E-state index is 6.63. The molecule has 12 rings (SSSR count). The van der Waals surface area contributed by atoms with Crippen molar-refractivity contribution in [2.75, 3.05) is 4.90 Å². The molecule has 0 saturated heterocycles. The van der Waals surface area contributed by atoms with E-state index in [1.165, 1.54) is 88.3 Å². The van der Waals surface area contributed by atoms with Crippen LogP contribution in [0, 0.1) is 0 Å². The van der Waals surface area contributed by atoms with E-state index in [-0.39, 0.29) is 6.04 Å². The van der Waals surface area contributed by atoms with Gasteiger partial charge in [0.2, 0.25) is 0 Å². The van der Waals surface area contributed by atoms with Crippen LogP contribution < -0.4 is 4.90 Å². The standard InChI is InChI=1S/C50H36N2O/c1-2-14-33(15-3-1)52-43-21-8-6-17-37(43)42-29-34(25-27-44(42)52)51(35-24-26-39-38-18-7-9-23-46(38)53-47(39)30-35)45-22-11-20-41-40-19-10-13-32-28-31-12-4-5-16-36(31)50(48(32)40)49(41)45/h1-24,26,28,34-35H,25,27,29-30H2. The van der Waals surface area contributed by atoms with Crippen LogP contribution in [-0.2, 0) is 19.3 Å². The summed E-state index contributed by atoms with van der Waals surface area (Å²) in [5, 5.41) is 7.89. The molecule has 53 heavy (non-hydrogen) atoms. The molecule has 3 aliphatic carbocycles. The molecule has 0 spiro atoms. The molecule has 2 unspecified atom stereocenters. The van der Waals surface area contributed by atoms with Gasteiger partial charge < -0.3 is 13.9 Å². The molecule has 3 aliphatic rings. The van der Waals surface area contributed by atoms with E-state index in [2.05, 4.69) is 167 Å². The predicted octanol–water partition coefficient (Wildman–Crippen LogP) is 12.3. The van der Waals surface area contributed by atoms with Crippen LogP contribution in [0.3, 0.4) is 0 Å². The largest absolute Gasteiger partial charge is 0.460 e. The van der Waals surface area contributed by atoms with Gasteiger partial charge in [-0.2, -0.15) is 0 Å². The monoisotopic (exact) mass is 680 g/mol. The predicted molar refractivity (Wildman–Crippen MR) is 220 cm³/mol. The SMILES string of the molecule is C1=CC(N(c2cccc3c2-c2c4ccccc4cc4cccc-3c24)C2CCc3c(c4ccccc4n3-c3ccccc3)C2)Cc2oc3ccccc3c21. The van der Waals surface area contributed by atoms with E-state index in [4.69, 9.17) is 4.42 Å². The van der Waals surface area contributed by atoms with Gasteiger partial charge in [-0.1, -0.05) is 121 Å². The zero-order valence-corrected chi connectivity index (χ0v) is 29.3. The van der Waals surface area contributed by atoms with E-state index in [9.17, 15) is 0 Å². The second-order valence-electron chi connectivity index (χ2n) is 15.1. The zero-order valence-electron chi connectivity index (χ0n) is 29.3. The van der Waals surface area contributed by atoms with Gasteiger partial charge in [0.1, 0.15) is 11.3 Å². The normalized spacial score (nSPS) is 17.1. The Labute approximate surface area is 308 Å². The lowest BCUT2D eigenvalue weighted by Gasteiger charge is -2.42. The average Bonchev–Trinajstić information content (AvgIpc) is 3.87. The Morgan fingerprint density at radius 2 is 1.38 bits per heavy atom. The molecule has 7 aromatic carbocycles. The quantitative estimate of drug-likeness (QED) is 0.173. The minimum atomic E-state index is 0.137. The van der Waals surface area contributed by atoms with Gasteiger partial charge in [0.05, 0.1) is 11.6 Å². The van der Waals surface area contributed by atoms with Gasteiger partial charge >= 0.3 is 0 Å². The van der Waals surface area contributed by atoms with Crippen LogP contribution in [-0.4, -0.2) is 16.7 Å². The van der Waals surface area contributed by atoms with Crippen LogP contribution in [0.25, 0.3) is 77.4 Å². The van der Waals surface area contributed by atoms with E-state index in [1.807, 2.05) is 0 Å². The summed E-state index contributed by atoms with van der Waals surface area (Å²) in [5.74, 6) is 1.09. The molecule has 3 heteroatoms. The highest BCUT2D eigenvalue weighted by Gasteiger charge is 2.37. The number of fused-ring (bicyclic) bond motifs is 11. The van der Waals surface area contributed by atoms with Crippen LogP contribution in [0.4, 0.5) is 5.69 Å². The number of para-hydroxylation sites is 3. The first-order chi connectivity index (χ1) is 26.3. The molecule has 0 aliphatic heterocycles. The van der Waals surface area contributed by atoms with E-state index < -0.39 is 0 Å². The maximum atomic E-state index is 6.63. The third-order valence-electron chi connectivity index (χ3n) is 12.3. The number of nitrogens with zero attached hydrogens (tertiary/aromatic N) is 2. The van der Waals surface area contributed by atoms with Gasteiger partial charge in [-0.3, -0.25) is 0 Å². The number of rotatable bonds is 4. The lowest BCUT2D eigenvalue weighted by atomic mass is 9.86. The molecule has 0 saturated carbocycles. The van der Waals surface area contributed by atoms with E-state index in [1.54, 1.807) is 0 Å². The number of aromatic nitrogens is 1. The first kappa shape index (κ1) is 29.3. The molecule has 2 atom stereocenters. The van der Waals surface area contributed by atoms with Gasteiger partial charge in [-0.25, -0.2) is 0 Å². The van der Waals surface area contributed by atoms with Gasteiger partial charge in [0, 0.05) is 57.0 Å². The van der Waals surface area contributed by atoms with Crippen LogP contribution >= 0.6 is 0 Å². The summed E-state index contributed by atoms with van der Waals surface area (Å²) in [4.78, 5) is 2.81. The molecule has 2 aromatic heterocycles. The molecule has 0 bridgehead atoms. The first-order valence-electron chi connectivity index (χ1n) is 19.0. The average molecular weight is 681 g/mol. The molecular weight excluding hydrogens is 645 g/mol. The van der Waals surface area contributed by atoms with E-state index in [0.717, 1.165) is 37.0 Å². The Morgan fingerprint density at radius 1 is 0.623 bits per heavy atom. The number of furan rings is 1. The third-order valence-corrected chi connectivity index (χ3v) is 12.3. The lowest BCUT2D eigenvalue weighted by Crippen LogP contribution is -2.47. The fourth-order valence-electron chi connectivity index (χ4n) is 10.2. The number of benzene rings is 7. The maximum Gasteiger partial charge on any atom is 0.134 e. The van der Waals surface area contributed by atoms with Crippen LogP contribution in [0.15, 0.2) is 156 Å². The van der Waals surface area contributed by atoms with Crippen molar-refractivity contribution in [3.8, 4) is 27.9 Å². The van der Waals surface area contributed by atoms with Crippen LogP contribution in [0.1, 0.15) is 29.0 Å². The van der Waals surface area contributed by atoms with Crippen LogP contribution in [0.2, 0.25) is 0 Å². The van der Waals surface area contributed by atoms with Crippen LogP contribution in [0.5, 0.6) is 0 Å². The Balaban J connectivity index is 1.07. The highest BCUT2D eigenvalue weighted by Crippen LogP contribution is 2.55. The molecule has 0 radical (unpaired) electrons. The molecule has 0 N–H and O–H groups in total. The number of anilines is 1. The van der Waals surface area contributed by atoms with Gasteiger partial charge in [-0.05, 0) is 93.9 Å². The smallest absolute Gasteiger partial charge is 0.134 e. The summed E-state index contributed by atoms with van der Waals surface area (Å²) in [7, 11) is 0. The Hall–Kier alpha value is -6.32.